The van der Waals surface area contributed by atoms with Gasteiger partial charge in [0.1, 0.15) is 11.3 Å². The fraction of sp³-hybridized carbons (Fsp3) is 0.0909. The summed E-state index contributed by atoms with van der Waals surface area (Å²) in [4.78, 5) is 24.4. The summed E-state index contributed by atoms with van der Waals surface area (Å²) in [6, 6.07) is 19.3. The zero-order valence-corrected chi connectivity index (χ0v) is 14.9. The SMILES string of the molecule is O=C(COc1ccc2oc(-c3ccco3)cc(=O)c2c1)NCc1ccccc1. The number of nitrogens with one attached hydrogen (secondary N) is 1. The van der Waals surface area contributed by atoms with Crippen LogP contribution in [0.25, 0.3) is 22.5 Å². The third-order valence-corrected chi connectivity index (χ3v) is 4.17. The van der Waals surface area contributed by atoms with E-state index in [1.807, 2.05) is 30.3 Å². The molecule has 2 aromatic heterocycles. The van der Waals surface area contributed by atoms with Gasteiger partial charge in [0.15, 0.2) is 23.6 Å². The van der Waals surface area contributed by atoms with Crippen molar-refractivity contribution in [3.8, 4) is 17.3 Å². The van der Waals surface area contributed by atoms with E-state index in [-0.39, 0.29) is 17.9 Å². The molecule has 2 aromatic carbocycles. The summed E-state index contributed by atoms with van der Waals surface area (Å²) in [5.74, 6) is 1.01. The second-order valence-electron chi connectivity index (χ2n) is 6.16. The van der Waals surface area contributed by atoms with Crippen LogP contribution in [0.4, 0.5) is 0 Å². The van der Waals surface area contributed by atoms with E-state index in [9.17, 15) is 9.59 Å². The summed E-state index contributed by atoms with van der Waals surface area (Å²) < 4.78 is 16.5. The minimum Gasteiger partial charge on any atom is -0.484 e. The Kier molecular flexibility index (Phi) is 4.93. The molecule has 1 N–H and O–H groups in total. The average molecular weight is 375 g/mol. The molecule has 1 amide bonds. The maximum atomic E-state index is 12.4. The molecule has 0 fully saturated rings. The molecule has 0 spiro atoms. The molecular weight excluding hydrogens is 358 g/mol. The van der Waals surface area contributed by atoms with Crippen LogP contribution in [-0.4, -0.2) is 12.5 Å². The van der Waals surface area contributed by atoms with Gasteiger partial charge in [-0.15, -0.1) is 0 Å². The minimum atomic E-state index is -0.246. The minimum absolute atomic E-state index is 0.145. The Morgan fingerprint density at radius 3 is 2.61 bits per heavy atom. The lowest BCUT2D eigenvalue weighted by Crippen LogP contribution is -2.28. The third-order valence-electron chi connectivity index (χ3n) is 4.17. The van der Waals surface area contributed by atoms with Crippen molar-refractivity contribution in [2.45, 2.75) is 6.54 Å². The molecule has 0 aliphatic heterocycles. The molecule has 140 valence electrons. The zero-order valence-electron chi connectivity index (χ0n) is 14.9. The normalized spacial score (nSPS) is 10.7. The highest BCUT2D eigenvalue weighted by Gasteiger charge is 2.10. The lowest BCUT2D eigenvalue weighted by Gasteiger charge is -2.08. The largest absolute Gasteiger partial charge is 0.484 e. The van der Waals surface area contributed by atoms with Crippen molar-refractivity contribution < 1.29 is 18.4 Å². The van der Waals surface area contributed by atoms with Gasteiger partial charge in [-0.25, -0.2) is 0 Å². The van der Waals surface area contributed by atoms with Gasteiger partial charge in [0.05, 0.1) is 11.6 Å². The number of benzene rings is 2. The van der Waals surface area contributed by atoms with Crippen LogP contribution in [0.3, 0.4) is 0 Å². The number of rotatable bonds is 6. The van der Waals surface area contributed by atoms with Gasteiger partial charge < -0.3 is 18.9 Å². The van der Waals surface area contributed by atoms with Crippen LogP contribution >= 0.6 is 0 Å². The zero-order chi connectivity index (χ0) is 19.3. The van der Waals surface area contributed by atoms with E-state index >= 15 is 0 Å². The third kappa shape index (κ3) is 3.96. The van der Waals surface area contributed by atoms with Crippen LogP contribution in [0, 0.1) is 0 Å². The van der Waals surface area contributed by atoms with Gasteiger partial charge in [-0.05, 0) is 35.9 Å². The maximum absolute atomic E-state index is 12.4. The number of amides is 1. The van der Waals surface area contributed by atoms with E-state index in [2.05, 4.69) is 5.32 Å². The Bertz CT molecular complexity index is 1150. The second kappa shape index (κ2) is 7.84. The topological polar surface area (TPSA) is 81.7 Å². The Morgan fingerprint density at radius 1 is 0.964 bits per heavy atom. The van der Waals surface area contributed by atoms with Gasteiger partial charge in [0.2, 0.25) is 0 Å². The standard InChI is InChI=1S/C22H17NO5/c24-18-12-21(20-7-4-10-26-20)28-19-9-8-16(11-17(18)19)27-14-22(25)23-13-15-5-2-1-3-6-15/h1-12H,13-14H2,(H,23,25). The Labute approximate surface area is 160 Å². The first-order valence-electron chi connectivity index (χ1n) is 8.74. The lowest BCUT2D eigenvalue weighted by molar-refractivity contribution is -0.123. The molecule has 0 radical (unpaired) electrons. The summed E-state index contributed by atoms with van der Waals surface area (Å²) in [7, 11) is 0. The molecule has 0 atom stereocenters. The van der Waals surface area contributed by atoms with Crippen molar-refractivity contribution in [3.05, 3.63) is 88.8 Å². The fourth-order valence-corrected chi connectivity index (χ4v) is 2.76. The molecule has 0 saturated heterocycles. The predicted molar refractivity (Wildman–Crippen MR) is 104 cm³/mol. The Morgan fingerprint density at radius 2 is 1.82 bits per heavy atom. The molecule has 0 saturated carbocycles. The molecule has 6 heteroatoms. The molecule has 4 aromatic rings. The summed E-state index contributed by atoms with van der Waals surface area (Å²) >= 11 is 0. The summed E-state index contributed by atoms with van der Waals surface area (Å²) in [6.45, 7) is 0.286. The molecule has 28 heavy (non-hydrogen) atoms. The monoisotopic (exact) mass is 375 g/mol. The van der Waals surface area contributed by atoms with Crippen LogP contribution in [0.2, 0.25) is 0 Å². The Balaban J connectivity index is 1.43. The highest BCUT2D eigenvalue weighted by atomic mass is 16.5. The first kappa shape index (κ1) is 17.6. The van der Waals surface area contributed by atoms with Gasteiger partial charge in [0.25, 0.3) is 5.91 Å². The Hall–Kier alpha value is -3.80. The van der Waals surface area contributed by atoms with Crippen molar-refractivity contribution in [3.63, 3.8) is 0 Å². The van der Waals surface area contributed by atoms with E-state index in [4.69, 9.17) is 13.6 Å². The number of fused-ring (bicyclic) bond motifs is 1. The lowest BCUT2D eigenvalue weighted by atomic mass is 10.2. The first-order chi connectivity index (χ1) is 13.7. The molecule has 6 nitrogen and oxygen atoms in total. The van der Waals surface area contributed by atoms with Gasteiger partial charge in [-0.3, -0.25) is 9.59 Å². The number of hydrogen-bond acceptors (Lipinski definition) is 5. The van der Waals surface area contributed by atoms with E-state index in [1.165, 1.54) is 12.3 Å². The van der Waals surface area contributed by atoms with Gasteiger partial charge in [-0.1, -0.05) is 30.3 Å². The number of carbonyl (C=O) groups excluding carboxylic acids is 1. The van der Waals surface area contributed by atoms with Crippen molar-refractivity contribution in [1.29, 1.82) is 0 Å². The van der Waals surface area contributed by atoms with Gasteiger partial charge in [-0.2, -0.15) is 0 Å². The molecule has 0 aliphatic carbocycles. The predicted octanol–water partition coefficient (Wildman–Crippen LogP) is 3.75. The smallest absolute Gasteiger partial charge is 0.258 e. The van der Waals surface area contributed by atoms with Crippen molar-refractivity contribution in [1.82, 2.24) is 5.32 Å². The first-order valence-corrected chi connectivity index (χ1v) is 8.74. The number of hydrogen-bond donors (Lipinski definition) is 1. The van der Waals surface area contributed by atoms with Crippen LogP contribution in [0.1, 0.15) is 5.56 Å². The molecule has 0 unspecified atom stereocenters. The van der Waals surface area contributed by atoms with E-state index in [0.29, 0.717) is 34.8 Å². The highest BCUT2D eigenvalue weighted by Crippen LogP contribution is 2.24. The summed E-state index contributed by atoms with van der Waals surface area (Å²) in [5, 5.41) is 3.16. The fourth-order valence-electron chi connectivity index (χ4n) is 2.76. The average Bonchev–Trinajstić information content (AvgIpc) is 3.26. The molecule has 4 rings (SSSR count). The van der Waals surface area contributed by atoms with Gasteiger partial charge >= 0.3 is 0 Å². The van der Waals surface area contributed by atoms with E-state index in [0.717, 1.165) is 5.56 Å². The van der Waals surface area contributed by atoms with Crippen molar-refractivity contribution in [2.75, 3.05) is 6.61 Å². The van der Waals surface area contributed by atoms with E-state index < -0.39 is 0 Å². The van der Waals surface area contributed by atoms with Crippen LogP contribution in [-0.2, 0) is 11.3 Å². The van der Waals surface area contributed by atoms with Gasteiger partial charge in [0, 0.05) is 12.6 Å². The number of furan rings is 1. The number of carbonyl (C=O) groups is 1. The second-order valence-corrected chi connectivity index (χ2v) is 6.16. The van der Waals surface area contributed by atoms with E-state index in [1.54, 1.807) is 30.3 Å². The summed E-state index contributed by atoms with van der Waals surface area (Å²) in [6.07, 6.45) is 1.51. The maximum Gasteiger partial charge on any atom is 0.258 e. The molecule has 0 bridgehead atoms. The van der Waals surface area contributed by atoms with Crippen molar-refractivity contribution >= 4 is 16.9 Å². The molecule has 0 aliphatic rings. The molecular formula is C22H17NO5. The van der Waals surface area contributed by atoms with Crippen LogP contribution < -0.4 is 15.5 Å². The number of ether oxygens (including phenoxy) is 1. The highest BCUT2D eigenvalue weighted by molar-refractivity contribution is 5.80. The van der Waals surface area contributed by atoms with Crippen molar-refractivity contribution in [2.24, 2.45) is 0 Å². The quantitative estimate of drug-likeness (QED) is 0.555. The summed E-state index contributed by atoms with van der Waals surface area (Å²) in [5.41, 5.74) is 1.21. The van der Waals surface area contributed by atoms with Crippen LogP contribution in [0.5, 0.6) is 5.75 Å². The molecule has 2 heterocycles. The van der Waals surface area contributed by atoms with Crippen LogP contribution in [0.15, 0.2) is 86.6 Å².